The van der Waals surface area contributed by atoms with Crippen molar-refractivity contribution < 1.29 is 9.47 Å². The minimum absolute atomic E-state index is 0.120. The maximum atomic E-state index is 6.08. The maximum absolute atomic E-state index is 6.08. The Morgan fingerprint density at radius 2 is 1.95 bits per heavy atom. The zero-order valence-corrected chi connectivity index (χ0v) is 13.6. The lowest BCUT2D eigenvalue weighted by atomic mass is 10.0. The second-order valence-corrected chi connectivity index (χ2v) is 6.37. The molecule has 21 heavy (non-hydrogen) atoms. The second-order valence-electron chi connectivity index (χ2n) is 6.37. The topological polar surface area (TPSA) is 30.5 Å². The summed E-state index contributed by atoms with van der Waals surface area (Å²) in [5.41, 5.74) is 2.58. The molecule has 1 unspecified atom stereocenters. The summed E-state index contributed by atoms with van der Waals surface area (Å²) in [6.07, 6.45) is 2.73. The van der Waals surface area contributed by atoms with Gasteiger partial charge in [0, 0.05) is 19.2 Å². The molecule has 1 N–H and O–H groups in total. The summed E-state index contributed by atoms with van der Waals surface area (Å²) in [5, 5.41) is 3.58. The first kappa shape index (κ1) is 16.5. The quantitative estimate of drug-likeness (QED) is 0.670. The van der Waals surface area contributed by atoms with E-state index in [-0.39, 0.29) is 6.10 Å². The standard InChI is InChI=1S/C18H29NO2/c1-14(2)13-20-10-11-21-18(12-19-16-8-9-16)17-7-5-4-6-15(17)3/h4-7,14,16,18-19H,8-13H2,1-3H3. The fraction of sp³-hybridized carbons (Fsp3) is 0.667. The van der Waals surface area contributed by atoms with E-state index in [1.807, 2.05) is 0 Å². The van der Waals surface area contributed by atoms with E-state index in [0.29, 0.717) is 25.2 Å². The zero-order chi connectivity index (χ0) is 15.1. The predicted octanol–water partition coefficient (Wildman–Crippen LogP) is 3.48. The van der Waals surface area contributed by atoms with Gasteiger partial charge in [0.25, 0.3) is 0 Å². The van der Waals surface area contributed by atoms with Gasteiger partial charge in [-0.3, -0.25) is 0 Å². The van der Waals surface area contributed by atoms with Crippen LogP contribution in [0.3, 0.4) is 0 Å². The number of hydrogen-bond acceptors (Lipinski definition) is 3. The van der Waals surface area contributed by atoms with Crippen LogP contribution in [-0.2, 0) is 9.47 Å². The van der Waals surface area contributed by atoms with Gasteiger partial charge in [0.15, 0.2) is 0 Å². The van der Waals surface area contributed by atoms with Crippen molar-refractivity contribution in [1.82, 2.24) is 5.32 Å². The number of benzene rings is 1. The first-order valence-corrected chi connectivity index (χ1v) is 8.15. The van der Waals surface area contributed by atoms with Crippen LogP contribution < -0.4 is 5.32 Å². The molecule has 3 nitrogen and oxygen atoms in total. The van der Waals surface area contributed by atoms with Crippen LogP contribution in [-0.4, -0.2) is 32.4 Å². The fourth-order valence-corrected chi connectivity index (χ4v) is 2.34. The van der Waals surface area contributed by atoms with Crippen LogP contribution in [0.4, 0.5) is 0 Å². The Labute approximate surface area is 129 Å². The second kappa shape index (κ2) is 8.52. The molecule has 1 saturated carbocycles. The molecule has 0 aromatic heterocycles. The molecule has 1 aromatic rings. The molecule has 0 heterocycles. The van der Waals surface area contributed by atoms with E-state index < -0.39 is 0 Å². The lowest BCUT2D eigenvalue weighted by Gasteiger charge is -2.21. The van der Waals surface area contributed by atoms with E-state index in [9.17, 15) is 0 Å². The minimum Gasteiger partial charge on any atom is -0.379 e. The number of rotatable bonds is 10. The summed E-state index contributed by atoms with van der Waals surface area (Å²) >= 11 is 0. The molecular formula is C18H29NO2. The number of nitrogens with one attached hydrogen (secondary N) is 1. The normalized spacial score (nSPS) is 16.4. The van der Waals surface area contributed by atoms with Crippen molar-refractivity contribution in [3.63, 3.8) is 0 Å². The highest BCUT2D eigenvalue weighted by Crippen LogP contribution is 2.24. The van der Waals surface area contributed by atoms with Gasteiger partial charge in [0.1, 0.15) is 0 Å². The Hall–Kier alpha value is -0.900. The van der Waals surface area contributed by atoms with Crippen molar-refractivity contribution in [1.29, 1.82) is 0 Å². The molecule has 0 aliphatic heterocycles. The largest absolute Gasteiger partial charge is 0.379 e. The Morgan fingerprint density at radius 3 is 2.62 bits per heavy atom. The zero-order valence-electron chi connectivity index (χ0n) is 13.6. The summed E-state index contributed by atoms with van der Waals surface area (Å²) in [5.74, 6) is 0.577. The van der Waals surface area contributed by atoms with Crippen molar-refractivity contribution in [2.45, 2.75) is 45.8 Å². The Bertz CT molecular complexity index is 415. The molecule has 2 rings (SSSR count). The molecule has 1 aliphatic carbocycles. The molecule has 1 aliphatic rings. The molecular weight excluding hydrogens is 262 g/mol. The van der Waals surface area contributed by atoms with E-state index in [1.165, 1.54) is 24.0 Å². The highest BCUT2D eigenvalue weighted by Gasteiger charge is 2.23. The van der Waals surface area contributed by atoms with Gasteiger partial charge < -0.3 is 14.8 Å². The van der Waals surface area contributed by atoms with E-state index in [0.717, 1.165) is 13.2 Å². The summed E-state index contributed by atoms with van der Waals surface area (Å²) in [6.45, 7) is 9.49. The Balaban J connectivity index is 1.81. The third-order valence-corrected chi connectivity index (χ3v) is 3.70. The van der Waals surface area contributed by atoms with Gasteiger partial charge in [-0.15, -0.1) is 0 Å². The van der Waals surface area contributed by atoms with Gasteiger partial charge in [-0.25, -0.2) is 0 Å². The van der Waals surface area contributed by atoms with Crippen molar-refractivity contribution in [3.8, 4) is 0 Å². The summed E-state index contributed by atoms with van der Waals surface area (Å²) in [6, 6.07) is 9.19. The monoisotopic (exact) mass is 291 g/mol. The van der Waals surface area contributed by atoms with Crippen molar-refractivity contribution in [3.05, 3.63) is 35.4 Å². The average Bonchev–Trinajstić information content (AvgIpc) is 3.26. The highest BCUT2D eigenvalue weighted by atomic mass is 16.5. The summed E-state index contributed by atoms with van der Waals surface area (Å²) in [7, 11) is 0. The lowest BCUT2D eigenvalue weighted by molar-refractivity contribution is -0.00165. The molecule has 0 spiro atoms. The molecule has 1 aromatic carbocycles. The molecule has 0 radical (unpaired) electrons. The highest BCUT2D eigenvalue weighted by molar-refractivity contribution is 5.28. The number of hydrogen-bond donors (Lipinski definition) is 1. The third-order valence-electron chi connectivity index (χ3n) is 3.70. The Morgan fingerprint density at radius 1 is 1.19 bits per heavy atom. The van der Waals surface area contributed by atoms with E-state index >= 15 is 0 Å². The molecule has 3 heteroatoms. The number of ether oxygens (including phenoxy) is 2. The average molecular weight is 291 g/mol. The van der Waals surface area contributed by atoms with Crippen LogP contribution in [0.1, 0.15) is 43.9 Å². The number of aryl methyl sites for hydroxylation is 1. The SMILES string of the molecule is Cc1ccccc1C(CNC1CC1)OCCOCC(C)C. The van der Waals surface area contributed by atoms with Crippen molar-refractivity contribution in [2.24, 2.45) is 5.92 Å². The Kier molecular flexibility index (Phi) is 6.68. The van der Waals surface area contributed by atoms with E-state index in [1.54, 1.807) is 0 Å². The molecule has 1 atom stereocenters. The van der Waals surface area contributed by atoms with Crippen LogP contribution in [0.25, 0.3) is 0 Å². The van der Waals surface area contributed by atoms with Crippen LogP contribution in [0.5, 0.6) is 0 Å². The minimum atomic E-state index is 0.120. The van der Waals surface area contributed by atoms with Crippen LogP contribution >= 0.6 is 0 Å². The first-order valence-electron chi connectivity index (χ1n) is 8.15. The van der Waals surface area contributed by atoms with Crippen molar-refractivity contribution in [2.75, 3.05) is 26.4 Å². The predicted molar refractivity (Wildman–Crippen MR) is 86.6 cm³/mol. The van der Waals surface area contributed by atoms with Crippen molar-refractivity contribution >= 4 is 0 Å². The lowest BCUT2D eigenvalue weighted by Crippen LogP contribution is -2.26. The van der Waals surface area contributed by atoms with Gasteiger partial charge in [-0.2, -0.15) is 0 Å². The van der Waals surface area contributed by atoms with Gasteiger partial charge >= 0.3 is 0 Å². The summed E-state index contributed by atoms with van der Waals surface area (Å²) < 4.78 is 11.7. The molecule has 0 amide bonds. The van der Waals surface area contributed by atoms with Gasteiger partial charge in [0.2, 0.25) is 0 Å². The molecule has 0 bridgehead atoms. The smallest absolute Gasteiger partial charge is 0.0953 e. The van der Waals surface area contributed by atoms with Crippen LogP contribution in [0.2, 0.25) is 0 Å². The molecule has 118 valence electrons. The summed E-state index contributed by atoms with van der Waals surface area (Å²) in [4.78, 5) is 0. The molecule has 1 fully saturated rings. The van der Waals surface area contributed by atoms with Crippen LogP contribution in [0, 0.1) is 12.8 Å². The molecule has 0 saturated heterocycles. The van der Waals surface area contributed by atoms with E-state index in [4.69, 9.17) is 9.47 Å². The van der Waals surface area contributed by atoms with Gasteiger partial charge in [-0.05, 0) is 36.8 Å². The third kappa shape index (κ3) is 6.16. The van der Waals surface area contributed by atoms with E-state index in [2.05, 4.69) is 50.4 Å². The van der Waals surface area contributed by atoms with Crippen LogP contribution in [0.15, 0.2) is 24.3 Å². The maximum Gasteiger partial charge on any atom is 0.0953 e. The fourth-order valence-electron chi connectivity index (χ4n) is 2.34. The van der Waals surface area contributed by atoms with Gasteiger partial charge in [0.05, 0.1) is 19.3 Å². The van der Waals surface area contributed by atoms with Gasteiger partial charge in [-0.1, -0.05) is 38.1 Å². The first-order chi connectivity index (χ1) is 10.2.